The summed E-state index contributed by atoms with van der Waals surface area (Å²) in [5.74, 6) is 0.328. The number of nitrogens with zero attached hydrogens (tertiary/aromatic N) is 1. The molecule has 6 nitrogen and oxygen atoms in total. The van der Waals surface area contributed by atoms with Crippen molar-refractivity contribution in [2.24, 2.45) is 5.73 Å². The van der Waals surface area contributed by atoms with Gasteiger partial charge in [-0.25, -0.2) is 8.42 Å². The maximum atomic E-state index is 12.6. The summed E-state index contributed by atoms with van der Waals surface area (Å²) in [6.07, 6.45) is 0.665. The summed E-state index contributed by atoms with van der Waals surface area (Å²) in [7, 11) is -0.512. The molecule has 0 amide bonds. The van der Waals surface area contributed by atoms with Crippen LogP contribution in [0.15, 0.2) is 23.1 Å². The van der Waals surface area contributed by atoms with Gasteiger partial charge in [0.15, 0.2) is 0 Å². The molecule has 112 valence electrons. The first kappa shape index (κ1) is 15.2. The van der Waals surface area contributed by atoms with Crippen LogP contribution in [0, 0.1) is 0 Å². The molecule has 1 atom stereocenters. The SMILES string of the molecule is COc1cc(CN)ccc1S(=O)(=O)N1CCC(OC)C1. The van der Waals surface area contributed by atoms with Crippen molar-refractivity contribution in [3.8, 4) is 5.75 Å². The number of benzene rings is 1. The summed E-state index contributed by atoms with van der Waals surface area (Å²) in [6.45, 7) is 1.18. The number of hydrogen-bond donors (Lipinski definition) is 1. The Hall–Kier alpha value is -1.15. The number of hydrogen-bond acceptors (Lipinski definition) is 5. The van der Waals surface area contributed by atoms with E-state index in [1.807, 2.05) is 0 Å². The summed E-state index contributed by atoms with van der Waals surface area (Å²) in [5.41, 5.74) is 6.39. The van der Waals surface area contributed by atoms with Crippen molar-refractivity contribution in [2.45, 2.75) is 24.0 Å². The Bertz CT molecular complexity index is 574. The lowest BCUT2D eigenvalue weighted by atomic mass is 10.2. The zero-order valence-electron chi connectivity index (χ0n) is 11.7. The molecule has 7 heteroatoms. The number of ether oxygens (including phenoxy) is 2. The molecule has 1 heterocycles. The van der Waals surface area contributed by atoms with E-state index in [0.29, 0.717) is 31.8 Å². The topological polar surface area (TPSA) is 81.9 Å². The first-order valence-corrected chi connectivity index (χ1v) is 7.87. The third kappa shape index (κ3) is 2.80. The second kappa shape index (κ2) is 6.09. The highest BCUT2D eigenvalue weighted by atomic mass is 32.2. The third-order valence-corrected chi connectivity index (χ3v) is 5.43. The first-order valence-electron chi connectivity index (χ1n) is 6.43. The smallest absolute Gasteiger partial charge is 0.246 e. The van der Waals surface area contributed by atoms with Crippen LogP contribution in [0.25, 0.3) is 0 Å². The Morgan fingerprint density at radius 1 is 1.40 bits per heavy atom. The van der Waals surface area contributed by atoms with E-state index in [0.717, 1.165) is 5.56 Å². The quantitative estimate of drug-likeness (QED) is 0.859. The Balaban J connectivity index is 2.34. The van der Waals surface area contributed by atoms with Gasteiger partial charge in [-0.05, 0) is 24.1 Å². The van der Waals surface area contributed by atoms with E-state index in [1.54, 1.807) is 25.3 Å². The molecule has 1 aliphatic rings. The molecule has 0 aromatic heterocycles. The molecule has 1 aromatic rings. The minimum Gasteiger partial charge on any atom is -0.495 e. The van der Waals surface area contributed by atoms with E-state index in [-0.39, 0.29) is 11.0 Å². The van der Waals surface area contributed by atoms with Crippen LogP contribution in [-0.2, 0) is 21.3 Å². The molecule has 0 spiro atoms. The van der Waals surface area contributed by atoms with Crippen LogP contribution in [0.4, 0.5) is 0 Å². The molecule has 1 aromatic carbocycles. The van der Waals surface area contributed by atoms with E-state index in [2.05, 4.69) is 0 Å². The lowest BCUT2D eigenvalue weighted by Gasteiger charge is -2.18. The summed E-state index contributed by atoms with van der Waals surface area (Å²) in [4.78, 5) is 0.175. The average Bonchev–Trinajstić information content (AvgIpc) is 2.96. The maximum absolute atomic E-state index is 12.6. The van der Waals surface area contributed by atoms with Crippen LogP contribution in [-0.4, -0.2) is 46.1 Å². The normalized spacial score (nSPS) is 20.2. The fourth-order valence-electron chi connectivity index (χ4n) is 2.30. The number of rotatable bonds is 5. The Morgan fingerprint density at radius 3 is 2.70 bits per heavy atom. The van der Waals surface area contributed by atoms with Crippen molar-refractivity contribution in [1.29, 1.82) is 0 Å². The zero-order chi connectivity index (χ0) is 14.8. The van der Waals surface area contributed by atoms with Crippen LogP contribution in [0.1, 0.15) is 12.0 Å². The van der Waals surface area contributed by atoms with Gasteiger partial charge in [0.2, 0.25) is 10.0 Å². The standard InChI is InChI=1S/C13H20N2O4S/c1-18-11-5-6-15(9-11)20(16,17)13-4-3-10(8-14)7-12(13)19-2/h3-4,7,11H,5-6,8-9,14H2,1-2H3. The summed E-state index contributed by atoms with van der Waals surface area (Å²) >= 11 is 0. The van der Waals surface area contributed by atoms with E-state index in [1.165, 1.54) is 11.4 Å². The highest BCUT2D eigenvalue weighted by Crippen LogP contribution is 2.30. The predicted octanol–water partition coefficient (Wildman–Crippen LogP) is 0.563. The monoisotopic (exact) mass is 300 g/mol. The molecule has 1 aliphatic heterocycles. The molecule has 0 aliphatic carbocycles. The molecule has 2 N–H and O–H groups in total. The van der Waals surface area contributed by atoms with Crippen molar-refractivity contribution >= 4 is 10.0 Å². The number of sulfonamides is 1. The van der Waals surface area contributed by atoms with Gasteiger partial charge in [-0.1, -0.05) is 6.07 Å². The average molecular weight is 300 g/mol. The molecule has 0 radical (unpaired) electrons. The number of methoxy groups -OCH3 is 2. The maximum Gasteiger partial charge on any atom is 0.246 e. The molecule has 1 saturated heterocycles. The Kier molecular flexibility index (Phi) is 4.64. The predicted molar refractivity (Wildman–Crippen MR) is 75.1 cm³/mol. The molecule has 0 bridgehead atoms. The van der Waals surface area contributed by atoms with Gasteiger partial charge in [0.1, 0.15) is 10.6 Å². The van der Waals surface area contributed by atoms with Crippen molar-refractivity contribution in [1.82, 2.24) is 4.31 Å². The van der Waals surface area contributed by atoms with Gasteiger partial charge in [0, 0.05) is 26.7 Å². The van der Waals surface area contributed by atoms with Crippen molar-refractivity contribution in [3.63, 3.8) is 0 Å². The fourth-order valence-corrected chi connectivity index (χ4v) is 3.92. The molecular formula is C13H20N2O4S. The van der Waals surface area contributed by atoms with Crippen LogP contribution < -0.4 is 10.5 Å². The van der Waals surface area contributed by atoms with Gasteiger partial charge in [0.05, 0.1) is 13.2 Å². The van der Waals surface area contributed by atoms with Crippen molar-refractivity contribution in [3.05, 3.63) is 23.8 Å². The van der Waals surface area contributed by atoms with Gasteiger partial charge in [-0.3, -0.25) is 0 Å². The molecule has 1 fully saturated rings. The lowest BCUT2D eigenvalue weighted by molar-refractivity contribution is 0.115. The second-order valence-corrected chi connectivity index (χ2v) is 6.61. The fraction of sp³-hybridized carbons (Fsp3) is 0.538. The first-order chi connectivity index (χ1) is 9.52. The van der Waals surface area contributed by atoms with Gasteiger partial charge in [0.25, 0.3) is 0 Å². The highest BCUT2D eigenvalue weighted by molar-refractivity contribution is 7.89. The molecule has 1 unspecified atom stereocenters. The van der Waals surface area contributed by atoms with Crippen molar-refractivity contribution < 1.29 is 17.9 Å². The summed E-state index contributed by atoms with van der Waals surface area (Å²) in [6, 6.07) is 4.92. The van der Waals surface area contributed by atoms with Gasteiger partial charge >= 0.3 is 0 Å². The van der Waals surface area contributed by atoms with Crippen LogP contribution in [0.3, 0.4) is 0 Å². The Labute approximate surface area is 119 Å². The third-order valence-electron chi connectivity index (χ3n) is 3.52. The largest absolute Gasteiger partial charge is 0.495 e. The summed E-state index contributed by atoms with van der Waals surface area (Å²) in [5, 5.41) is 0. The van der Waals surface area contributed by atoms with Crippen LogP contribution >= 0.6 is 0 Å². The number of nitrogens with two attached hydrogens (primary N) is 1. The Morgan fingerprint density at radius 2 is 2.15 bits per heavy atom. The molecule has 20 heavy (non-hydrogen) atoms. The molecule has 0 saturated carbocycles. The van der Waals surface area contributed by atoms with Gasteiger partial charge in [-0.15, -0.1) is 0 Å². The lowest BCUT2D eigenvalue weighted by Crippen LogP contribution is -2.30. The van der Waals surface area contributed by atoms with Crippen LogP contribution in [0.2, 0.25) is 0 Å². The minimum absolute atomic E-state index is 0.0425. The van der Waals surface area contributed by atoms with Crippen LogP contribution in [0.5, 0.6) is 5.75 Å². The van der Waals surface area contributed by atoms with E-state index < -0.39 is 10.0 Å². The molecule has 2 rings (SSSR count). The zero-order valence-corrected chi connectivity index (χ0v) is 12.5. The van der Waals surface area contributed by atoms with Gasteiger partial charge in [-0.2, -0.15) is 4.31 Å². The minimum atomic E-state index is -3.56. The second-order valence-electron chi connectivity index (χ2n) is 4.70. The van der Waals surface area contributed by atoms with E-state index in [9.17, 15) is 8.42 Å². The summed E-state index contributed by atoms with van der Waals surface area (Å²) < 4.78 is 37.1. The van der Waals surface area contributed by atoms with E-state index >= 15 is 0 Å². The highest BCUT2D eigenvalue weighted by Gasteiger charge is 2.34. The van der Waals surface area contributed by atoms with Crippen molar-refractivity contribution in [2.75, 3.05) is 27.3 Å². The van der Waals surface area contributed by atoms with E-state index in [4.69, 9.17) is 15.2 Å². The molecular weight excluding hydrogens is 280 g/mol. The van der Waals surface area contributed by atoms with Gasteiger partial charge < -0.3 is 15.2 Å².